The molecule has 0 aliphatic heterocycles. The van der Waals surface area contributed by atoms with E-state index in [9.17, 15) is 19.8 Å². The number of carbonyl (C=O) groups excluding carboxylic acids is 1. The first-order valence-electron chi connectivity index (χ1n) is 17.9. The second kappa shape index (κ2) is 21.8. The molecule has 4 aromatic rings. The van der Waals surface area contributed by atoms with Crippen LogP contribution in [0.1, 0.15) is 96.1 Å². The average Bonchev–Trinajstić information content (AvgIpc) is 3.18. The van der Waals surface area contributed by atoms with Gasteiger partial charge in [-0.3, -0.25) is 4.79 Å². The van der Waals surface area contributed by atoms with Gasteiger partial charge in [0, 0.05) is 18.7 Å². The van der Waals surface area contributed by atoms with Gasteiger partial charge in [-0.15, -0.1) is 12.4 Å². The standard InChI is InChI=1S/C21H25NO3.C14H12O3.C7H15NO.ClH/c23-20(22-16-21(24)13-5-2-6-14-21)18-9-11-19(12-10-18)25-15-17-7-3-1-4-8-17;15-14(16)12-6-8-13(9-7-12)17-10-11-4-2-1-3-5-11;8-6-7(9)4-2-1-3-5-7;/h1,3-4,7-12,24H,2,5-6,13-16H2,(H,22,23);1-9H,10H2,(H,15,16);9H,1-6,8H2;1H. The quantitative estimate of drug-likeness (QED) is 0.105. The number of nitrogens with two attached hydrogens (primary N) is 1. The summed E-state index contributed by atoms with van der Waals surface area (Å²) in [6.45, 7) is 1.73. The average molecular weight is 733 g/mol. The van der Waals surface area contributed by atoms with E-state index < -0.39 is 17.2 Å². The van der Waals surface area contributed by atoms with Gasteiger partial charge >= 0.3 is 5.97 Å². The number of amides is 1. The van der Waals surface area contributed by atoms with E-state index in [2.05, 4.69) is 5.32 Å². The van der Waals surface area contributed by atoms with Crippen LogP contribution in [0.25, 0.3) is 0 Å². The van der Waals surface area contributed by atoms with Gasteiger partial charge in [-0.25, -0.2) is 4.79 Å². The van der Waals surface area contributed by atoms with Gasteiger partial charge < -0.3 is 35.8 Å². The molecule has 0 unspecified atom stereocenters. The maximum atomic E-state index is 12.3. The van der Waals surface area contributed by atoms with Gasteiger partial charge in [0.1, 0.15) is 24.7 Å². The zero-order valence-corrected chi connectivity index (χ0v) is 30.6. The number of carbonyl (C=O) groups is 2. The number of carboxylic acid groups (broad SMARTS) is 1. The Morgan fingerprint density at radius 1 is 0.596 bits per heavy atom. The van der Waals surface area contributed by atoms with E-state index in [4.69, 9.17) is 20.3 Å². The van der Waals surface area contributed by atoms with E-state index in [1.807, 2.05) is 60.7 Å². The molecule has 2 aliphatic rings. The van der Waals surface area contributed by atoms with Crippen molar-refractivity contribution >= 4 is 24.3 Å². The molecule has 52 heavy (non-hydrogen) atoms. The first kappa shape index (κ1) is 42.0. The summed E-state index contributed by atoms with van der Waals surface area (Å²) in [5.74, 6) is 0.304. The molecule has 2 aliphatic carbocycles. The smallest absolute Gasteiger partial charge is 0.335 e. The number of carboxylic acids is 1. The van der Waals surface area contributed by atoms with Gasteiger partial charge in [-0.1, -0.05) is 99.2 Å². The van der Waals surface area contributed by atoms with E-state index in [0.717, 1.165) is 68.2 Å². The number of hydrogen-bond donors (Lipinski definition) is 5. The number of aliphatic hydroxyl groups is 2. The van der Waals surface area contributed by atoms with Crippen LogP contribution in [0, 0.1) is 0 Å². The lowest BCUT2D eigenvalue weighted by atomic mass is 9.85. The molecule has 2 fully saturated rings. The summed E-state index contributed by atoms with van der Waals surface area (Å²) in [6, 6.07) is 33.2. The minimum atomic E-state index is -0.931. The molecule has 9 nitrogen and oxygen atoms in total. The molecule has 0 saturated heterocycles. The van der Waals surface area contributed by atoms with Crippen LogP contribution in [0.3, 0.4) is 0 Å². The summed E-state index contributed by atoms with van der Waals surface area (Å²) >= 11 is 0. The van der Waals surface area contributed by atoms with E-state index >= 15 is 0 Å². The molecular weight excluding hydrogens is 680 g/mol. The lowest BCUT2D eigenvalue weighted by Gasteiger charge is -2.32. The maximum Gasteiger partial charge on any atom is 0.335 e. The molecular formula is C42H53ClN2O7. The van der Waals surface area contributed by atoms with Crippen LogP contribution in [0.5, 0.6) is 11.5 Å². The van der Waals surface area contributed by atoms with E-state index in [-0.39, 0.29) is 23.9 Å². The Kier molecular flexibility index (Phi) is 17.6. The highest BCUT2D eigenvalue weighted by Crippen LogP contribution is 2.28. The molecule has 0 atom stereocenters. The normalized spacial score (nSPS) is 15.5. The molecule has 6 rings (SSSR count). The summed E-state index contributed by atoms with van der Waals surface area (Å²) < 4.78 is 11.3. The predicted molar refractivity (Wildman–Crippen MR) is 206 cm³/mol. The topological polar surface area (TPSA) is 151 Å². The summed E-state index contributed by atoms with van der Waals surface area (Å²) in [5.41, 5.74) is 7.16. The zero-order valence-electron chi connectivity index (χ0n) is 29.8. The number of nitrogens with one attached hydrogen (secondary N) is 1. The fourth-order valence-electron chi connectivity index (χ4n) is 6.03. The van der Waals surface area contributed by atoms with Gasteiger partial charge in [0.05, 0.1) is 16.8 Å². The highest BCUT2D eigenvalue weighted by molar-refractivity contribution is 5.94. The minimum absolute atomic E-state index is 0. The van der Waals surface area contributed by atoms with Gasteiger partial charge in [-0.05, 0) is 85.3 Å². The number of ether oxygens (including phenoxy) is 2. The molecule has 2 saturated carbocycles. The van der Waals surface area contributed by atoms with Crippen molar-refractivity contribution in [1.82, 2.24) is 5.32 Å². The second-order valence-electron chi connectivity index (χ2n) is 13.4. The summed E-state index contributed by atoms with van der Waals surface area (Å²) in [4.78, 5) is 22.9. The Morgan fingerprint density at radius 2 is 1.00 bits per heavy atom. The van der Waals surface area contributed by atoms with Gasteiger partial charge in [0.25, 0.3) is 5.91 Å². The van der Waals surface area contributed by atoms with Gasteiger partial charge in [-0.2, -0.15) is 0 Å². The third-order valence-electron chi connectivity index (χ3n) is 9.24. The maximum absolute atomic E-state index is 12.3. The Labute approximate surface area is 313 Å². The molecule has 280 valence electrons. The van der Waals surface area contributed by atoms with Gasteiger partial charge in [0.2, 0.25) is 0 Å². The fourth-order valence-corrected chi connectivity index (χ4v) is 6.03. The number of rotatable bonds is 11. The molecule has 10 heteroatoms. The summed E-state index contributed by atoms with van der Waals surface area (Å²) in [5, 5.41) is 31.6. The third-order valence-corrected chi connectivity index (χ3v) is 9.24. The second-order valence-corrected chi connectivity index (χ2v) is 13.4. The lowest BCUT2D eigenvalue weighted by molar-refractivity contribution is 0.00524. The van der Waals surface area contributed by atoms with Crippen molar-refractivity contribution in [2.24, 2.45) is 5.73 Å². The number of benzene rings is 4. The highest BCUT2D eigenvalue weighted by Gasteiger charge is 2.29. The van der Waals surface area contributed by atoms with Crippen LogP contribution in [-0.2, 0) is 13.2 Å². The Morgan fingerprint density at radius 3 is 1.38 bits per heavy atom. The molecule has 0 bridgehead atoms. The minimum Gasteiger partial charge on any atom is -0.489 e. The molecule has 6 N–H and O–H groups in total. The summed E-state index contributed by atoms with van der Waals surface area (Å²) in [6.07, 6.45) is 10.1. The van der Waals surface area contributed by atoms with Crippen LogP contribution in [-0.4, -0.2) is 51.5 Å². The highest BCUT2D eigenvalue weighted by atomic mass is 35.5. The molecule has 0 radical (unpaired) electrons. The van der Waals surface area contributed by atoms with Crippen molar-refractivity contribution in [3.05, 3.63) is 131 Å². The molecule has 0 spiro atoms. The fraction of sp³-hybridized carbons (Fsp3) is 0.381. The van der Waals surface area contributed by atoms with Crippen LogP contribution in [0.15, 0.2) is 109 Å². The van der Waals surface area contributed by atoms with Crippen molar-refractivity contribution < 1.29 is 34.4 Å². The van der Waals surface area contributed by atoms with Crippen molar-refractivity contribution in [3.63, 3.8) is 0 Å². The summed E-state index contributed by atoms with van der Waals surface area (Å²) in [7, 11) is 0. The van der Waals surface area contributed by atoms with Crippen LogP contribution in [0.4, 0.5) is 0 Å². The third kappa shape index (κ3) is 14.7. The van der Waals surface area contributed by atoms with Crippen LogP contribution in [0.2, 0.25) is 0 Å². The Balaban J connectivity index is 0.000000233. The number of aromatic carboxylic acids is 1. The SMILES string of the molecule is Cl.NCC1(O)CCCCC1.O=C(NCC1(O)CCCCC1)c1ccc(OCc2ccccc2)cc1.O=C(O)c1ccc(OCc2ccccc2)cc1. The van der Waals surface area contributed by atoms with Crippen molar-refractivity contribution in [2.45, 2.75) is 88.6 Å². The van der Waals surface area contributed by atoms with Crippen molar-refractivity contribution in [2.75, 3.05) is 13.1 Å². The van der Waals surface area contributed by atoms with Gasteiger partial charge in [0.15, 0.2) is 0 Å². The molecule has 0 aromatic heterocycles. The first-order chi connectivity index (χ1) is 24.7. The molecule has 1 amide bonds. The van der Waals surface area contributed by atoms with E-state index in [1.165, 1.54) is 25.0 Å². The predicted octanol–water partition coefficient (Wildman–Crippen LogP) is 7.72. The van der Waals surface area contributed by atoms with E-state index in [0.29, 0.717) is 37.6 Å². The monoisotopic (exact) mass is 732 g/mol. The van der Waals surface area contributed by atoms with Crippen molar-refractivity contribution in [3.8, 4) is 11.5 Å². The zero-order chi connectivity index (χ0) is 36.4. The Bertz CT molecular complexity index is 1590. The van der Waals surface area contributed by atoms with Crippen molar-refractivity contribution in [1.29, 1.82) is 0 Å². The van der Waals surface area contributed by atoms with Crippen LogP contribution < -0.4 is 20.5 Å². The first-order valence-corrected chi connectivity index (χ1v) is 17.9. The number of hydrogen-bond acceptors (Lipinski definition) is 7. The van der Waals surface area contributed by atoms with Crippen LogP contribution >= 0.6 is 12.4 Å². The molecule has 4 aromatic carbocycles. The lowest BCUT2D eigenvalue weighted by Crippen LogP contribution is -2.44. The largest absolute Gasteiger partial charge is 0.489 e. The van der Waals surface area contributed by atoms with E-state index in [1.54, 1.807) is 36.4 Å². The Hall–Kier alpha value is -4.41. The number of halogens is 1. The molecule has 0 heterocycles.